The van der Waals surface area contributed by atoms with E-state index < -0.39 is 49.0 Å². The fraction of sp³-hybridized carbons (Fsp3) is 0.467. The van der Waals surface area contributed by atoms with E-state index in [1.807, 2.05) is 0 Å². The number of primary amides is 1. The molecule has 0 aromatic carbocycles. The second-order valence-electron chi connectivity index (χ2n) is 5.30. The fourth-order valence-electron chi connectivity index (χ4n) is 2.54. The molecule has 4 atom stereocenters. The molecule has 0 bridgehead atoms. The van der Waals surface area contributed by atoms with Gasteiger partial charge in [-0.1, -0.05) is 0 Å². The lowest BCUT2D eigenvalue weighted by atomic mass is 10.1. The summed E-state index contributed by atoms with van der Waals surface area (Å²) < 4.78 is 17.5. The van der Waals surface area contributed by atoms with Crippen LogP contribution in [-0.4, -0.2) is 47.9 Å². The van der Waals surface area contributed by atoms with Gasteiger partial charge in [-0.15, -0.1) is 0 Å². The Balaban J connectivity index is 2.38. The van der Waals surface area contributed by atoms with Gasteiger partial charge in [-0.3, -0.25) is 14.4 Å². The summed E-state index contributed by atoms with van der Waals surface area (Å²) in [5.41, 5.74) is 5.48. The van der Waals surface area contributed by atoms with Gasteiger partial charge < -0.3 is 25.1 Å². The Morgan fingerprint density at radius 3 is 2.42 bits per heavy atom. The summed E-state index contributed by atoms with van der Waals surface area (Å²) in [4.78, 5) is 34.1. The molecule has 0 radical (unpaired) electrons. The van der Waals surface area contributed by atoms with Crippen molar-refractivity contribution in [2.45, 2.75) is 38.4 Å². The lowest BCUT2D eigenvalue weighted by molar-refractivity contribution is -0.765. The predicted molar refractivity (Wildman–Crippen MR) is 77.3 cm³/mol. The maximum absolute atomic E-state index is 11.4. The van der Waals surface area contributed by atoms with Crippen LogP contribution < -0.4 is 10.3 Å². The first-order chi connectivity index (χ1) is 11.3. The van der Waals surface area contributed by atoms with Crippen molar-refractivity contribution in [3.8, 4) is 0 Å². The Morgan fingerprint density at radius 1 is 1.25 bits per heavy atom. The molecule has 3 N–H and O–H groups in total. The summed E-state index contributed by atoms with van der Waals surface area (Å²) in [6.45, 7) is 1.97. The highest BCUT2D eigenvalue weighted by atomic mass is 16.6. The molecule has 2 rings (SSSR count). The number of aliphatic hydroxyl groups excluding tert-OH is 1. The summed E-state index contributed by atoms with van der Waals surface area (Å²) in [5.74, 6) is -1.84. The Labute approximate surface area is 137 Å². The number of ether oxygens (including phenoxy) is 3. The van der Waals surface area contributed by atoms with E-state index in [0.29, 0.717) is 0 Å². The molecule has 1 unspecified atom stereocenters. The monoisotopic (exact) mass is 339 g/mol. The van der Waals surface area contributed by atoms with Gasteiger partial charge in [-0.2, -0.15) is 4.57 Å². The van der Waals surface area contributed by atoms with Crippen molar-refractivity contribution in [1.29, 1.82) is 0 Å². The van der Waals surface area contributed by atoms with Crippen molar-refractivity contribution in [2.75, 3.05) is 6.61 Å². The second-order valence-corrected chi connectivity index (χ2v) is 5.30. The summed E-state index contributed by atoms with van der Waals surface area (Å²) in [5, 5.41) is 9.47. The molecule has 1 saturated heterocycles. The van der Waals surface area contributed by atoms with Gasteiger partial charge in [-0.25, -0.2) is 0 Å². The zero-order chi connectivity index (χ0) is 17.9. The van der Waals surface area contributed by atoms with E-state index in [4.69, 9.17) is 19.9 Å². The van der Waals surface area contributed by atoms with Crippen LogP contribution in [0.25, 0.3) is 0 Å². The summed E-state index contributed by atoms with van der Waals surface area (Å²) in [6, 6.07) is 3.09. The number of aliphatic hydroxyl groups is 1. The number of rotatable bonds is 5. The van der Waals surface area contributed by atoms with Gasteiger partial charge >= 0.3 is 18.2 Å². The third kappa shape index (κ3) is 3.87. The van der Waals surface area contributed by atoms with Gasteiger partial charge in [-0.05, 0) is 6.07 Å². The zero-order valence-electron chi connectivity index (χ0n) is 13.2. The molecule has 1 fully saturated rings. The van der Waals surface area contributed by atoms with Gasteiger partial charge in [0.05, 0.1) is 6.61 Å². The SMILES string of the molecule is CC(=O)OC1[C@@H](CO)O[C@@H]([n+]2cccc(C(N)=O)c2)[C@H]1OC(C)=O. The van der Waals surface area contributed by atoms with Crippen LogP contribution >= 0.6 is 0 Å². The number of hydrogen-bond acceptors (Lipinski definition) is 7. The molecule has 24 heavy (non-hydrogen) atoms. The van der Waals surface area contributed by atoms with E-state index >= 15 is 0 Å². The molecular weight excluding hydrogens is 320 g/mol. The van der Waals surface area contributed by atoms with Gasteiger partial charge in [0.1, 0.15) is 11.7 Å². The molecule has 0 saturated carbocycles. The number of carbonyl (C=O) groups is 3. The number of hydrogen-bond donors (Lipinski definition) is 2. The number of nitrogens with zero attached hydrogens (tertiary/aromatic N) is 1. The largest absolute Gasteiger partial charge is 0.455 e. The molecular formula is C15H19N2O7+. The summed E-state index contributed by atoms with van der Waals surface area (Å²) in [6.07, 6.45) is -0.739. The second kappa shape index (κ2) is 7.37. The molecule has 1 aromatic rings. The van der Waals surface area contributed by atoms with Crippen LogP contribution in [0.1, 0.15) is 30.4 Å². The van der Waals surface area contributed by atoms with E-state index in [1.165, 1.54) is 30.7 Å². The van der Waals surface area contributed by atoms with Gasteiger partial charge in [0.25, 0.3) is 5.91 Å². The van der Waals surface area contributed by atoms with Crippen LogP contribution in [0.3, 0.4) is 0 Å². The van der Waals surface area contributed by atoms with Crippen molar-refractivity contribution in [1.82, 2.24) is 0 Å². The van der Waals surface area contributed by atoms with E-state index in [2.05, 4.69) is 0 Å². The highest BCUT2D eigenvalue weighted by molar-refractivity contribution is 5.92. The molecule has 9 nitrogen and oxygen atoms in total. The smallest absolute Gasteiger partial charge is 0.304 e. The number of aromatic nitrogens is 1. The fourth-order valence-corrected chi connectivity index (χ4v) is 2.54. The highest BCUT2D eigenvalue weighted by Gasteiger charge is 2.54. The summed E-state index contributed by atoms with van der Waals surface area (Å²) in [7, 11) is 0. The number of esters is 2. The van der Waals surface area contributed by atoms with Gasteiger partial charge in [0.15, 0.2) is 18.5 Å². The Hall–Kier alpha value is -2.52. The molecule has 1 aliphatic rings. The maximum Gasteiger partial charge on any atom is 0.304 e. The van der Waals surface area contributed by atoms with Crippen LogP contribution in [0.2, 0.25) is 0 Å². The van der Waals surface area contributed by atoms with E-state index in [0.717, 1.165) is 0 Å². The number of amides is 1. The number of carbonyl (C=O) groups excluding carboxylic acids is 3. The number of pyridine rings is 1. The molecule has 1 aliphatic heterocycles. The highest BCUT2D eigenvalue weighted by Crippen LogP contribution is 2.30. The molecule has 1 aromatic heterocycles. The van der Waals surface area contributed by atoms with E-state index in [-0.39, 0.29) is 5.56 Å². The Bertz CT molecular complexity index is 648. The molecule has 2 heterocycles. The van der Waals surface area contributed by atoms with E-state index in [1.54, 1.807) is 12.3 Å². The molecule has 0 aliphatic carbocycles. The lowest BCUT2D eigenvalue weighted by Gasteiger charge is -2.20. The number of nitrogens with two attached hydrogens (primary N) is 1. The predicted octanol–water partition coefficient (Wildman–Crippen LogP) is -1.17. The minimum Gasteiger partial charge on any atom is -0.455 e. The molecule has 0 spiro atoms. The Morgan fingerprint density at radius 2 is 1.88 bits per heavy atom. The summed E-state index contributed by atoms with van der Waals surface area (Å²) >= 11 is 0. The molecule has 1 amide bonds. The van der Waals surface area contributed by atoms with Crippen molar-refractivity contribution in [2.24, 2.45) is 5.73 Å². The Kier molecular flexibility index (Phi) is 5.47. The van der Waals surface area contributed by atoms with Crippen LogP contribution in [0.4, 0.5) is 0 Å². The molecule has 130 valence electrons. The topological polar surface area (TPSA) is 129 Å². The van der Waals surface area contributed by atoms with Crippen LogP contribution in [0.15, 0.2) is 24.5 Å². The van der Waals surface area contributed by atoms with E-state index in [9.17, 15) is 19.5 Å². The first-order valence-corrected chi connectivity index (χ1v) is 7.25. The average Bonchev–Trinajstić information content (AvgIpc) is 2.84. The minimum absolute atomic E-state index is 0.221. The normalized spacial score (nSPS) is 26.0. The third-order valence-electron chi connectivity index (χ3n) is 3.47. The van der Waals surface area contributed by atoms with Gasteiger partial charge in [0, 0.05) is 19.9 Å². The van der Waals surface area contributed by atoms with Crippen LogP contribution in [0.5, 0.6) is 0 Å². The van der Waals surface area contributed by atoms with Gasteiger partial charge in [0.2, 0.25) is 6.10 Å². The maximum atomic E-state index is 11.4. The minimum atomic E-state index is -0.989. The van der Waals surface area contributed by atoms with Crippen LogP contribution in [0, 0.1) is 0 Å². The van der Waals surface area contributed by atoms with Crippen molar-refractivity contribution in [3.63, 3.8) is 0 Å². The first-order valence-electron chi connectivity index (χ1n) is 7.25. The average molecular weight is 339 g/mol. The zero-order valence-corrected chi connectivity index (χ0v) is 13.2. The lowest BCUT2D eigenvalue weighted by Crippen LogP contribution is -2.48. The van der Waals surface area contributed by atoms with Crippen LogP contribution in [-0.2, 0) is 23.8 Å². The standard InChI is InChI=1S/C15H18N2O7/c1-8(19)22-12-11(7-18)24-15(13(12)23-9(2)20)17-5-3-4-10(6-17)14(16)21/h3-6,11-13,15,18H,7H2,1-2H3,(H-,16,21)/p+1/t11-,12?,13+,15-/m1/s1. The van der Waals surface area contributed by atoms with Crippen molar-refractivity contribution in [3.05, 3.63) is 30.1 Å². The third-order valence-corrected chi connectivity index (χ3v) is 3.47. The van der Waals surface area contributed by atoms with Crippen molar-refractivity contribution >= 4 is 17.8 Å². The van der Waals surface area contributed by atoms with Crippen molar-refractivity contribution < 1.29 is 38.3 Å². The molecule has 9 heteroatoms. The first kappa shape index (κ1) is 17.8. The quantitative estimate of drug-likeness (QED) is 0.510.